The van der Waals surface area contributed by atoms with Crippen LogP contribution < -0.4 is 0 Å². The molecule has 0 saturated heterocycles. The summed E-state index contributed by atoms with van der Waals surface area (Å²) in [6.45, 7) is 4.15. The topological polar surface area (TPSA) is 77.3 Å². The SMILES string of the molecule is Cc1ccc(-c2nc(-c3ccc(C)cc3)nc(-c3ccc(-c4cc5c(-c6ccccc6)nc6ccccc6c5c5nsnc45)cc3)n2)cc1. The molecule has 49 heavy (non-hydrogen) atoms. The summed E-state index contributed by atoms with van der Waals surface area (Å²) < 4.78 is 9.66. The lowest BCUT2D eigenvalue weighted by atomic mass is 9.94. The van der Waals surface area contributed by atoms with Crippen molar-refractivity contribution in [1.29, 1.82) is 0 Å². The van der Waals surface area contributed by atoms with E-state index in [1.165, 1.54) is 22.9 Å². The van der Waals surface area contributed by atoms with E-state index in [4.69, 9.17) is 28.7 Å². The highest BCUT2D eigenvalue weighted by atomic mass is 32.1. The van der Waals surface area contributed by atoms with Crippen molar-refractivity contribution >= 4 is 44.4 Å². The van der Waals surface area contributed by atoms with E-state index < -0.39 is 0 Å². The van der Waals surface area contributed by atoms with Crippen LogP contribution in [0.5, 0.6) is 0 Å². The van der Waals surface area contributed by atoms with Crippen molar-refractivity contribution in [2.24, 2.45) is 0 Å². The summed E-state index contributed by atoms with van der Waals surface area (Å²) in [5, 5.41) is 3.19. The highest BCUT2D eigenvalue weighted by Crippen LogP contribution is 2.41. The minimum Gasteiger partial charge on any atom is -0.247 e. The molecule has 3 heterocycles. The molecule has 0 radical (unpaired) electrons. The predicted octanol–water partition coefficient (Wildman–Crippen LogP) is 10.5. The predicted molar refractivity (Wildman–Crippen MR) is 200 cm³/mol. The maximum absolute atomic E-state index is 5.16. The fraction of sp³-hybridized carbons (Fsp3) is 0.0476. The van der Waals surface area contributed by atoms with E-state index in [1.54, 1.807) is 0 Å². The maximum Gasteiger partial charge on any atom is 0.164 e. The van der Waals surface area contributed by atoms with E-state index >= 15 is 0 Å². The van der Waals surface area contributed by atoms with Crippen molar-refractivity contribution in [2.75, 3.05) is 0 Å². The number of fused-ring (bicyclic) bond motifs is 5. The number of para-hydroxylation sites is 1. The average Bonchev–Trinajstić information content (AvgIpc) is 3.65. The molecule has 7 heteroatoms. The van der Waals surface area contributed by atoms with Crippen LogP contribution in [0.3, 0.4) is 0 Å². The van der Waals surface area contributed by atoms with Crippen molar-refractivity contribution in [2.45, 2.75) is 13.8 Å². The normalized spacial score (nSPS) is 11.5. The van der Waals surface area contributed by atoms with Crippen molar-refractivity contribution in [1.82, 2.24) is 28.7 Å². The van der Waals surface area contributed by atoms with E-state index in [2.05, 4.69) is 135 Å². The Morgan fingerprint density at radius 3 is 1.55 bits per heavy atom. The van der Waals surface area contributed by atoms with E-state index in [9.17, 15) is 0 Å². The third kappa shape index (κ3) is 5.21. The number of nitrogens with zero attached hydrogens (tertiary/aromatic N) is 6. The van der Waals surface area contributed by atoms with Gasteiger partial charge in [-0.05, 0) is 31.5 Å². The largest absolute Gasteiger partial charge is 0.247 e. The van der Waals surface area contributed by atoms with E-state index in [0.29, 0.717) is 17.5 Å². The number of hydrogen-bond acceptors (Lipinski definition) is 7. The standard InChI is InChI=1S/C42H28N6S/c1-25-12-16-29(17-13-25)40-44-41(30-18-14-26(2)15-19-30)46-42(45-40)31-22-20-27(21-23-31)33-24-34-36(39-38(33)47-49-48-39)32-10-6-7-11-35(32)43-37(34)28-8-4-3-5-9-28/h3-24H,1-2H3. The summed E-state index contributed by atoms with van der Waals surface area (Å²) >= 11 is 1.24. The quantitative estimate of drug-likeness (QED) is 0.173. The van der Waals surface area contributed by atoms with Gasteiger partial charge in [0, 0.05) is 44.0 Å². The fourth-order valence-corrected chi connectivity index (χ4v) is 6.93. The summed E-state index contributed by atoms with van der Waals surface area (Å²) in [6.07, 6.45) is 0. The third-order valence-electron chi connectivity index (χ3n) is 8.96. The molecule has 0 unspecified atom stereocenters. The molecule has 0 aliphatic carbocycles. The fourth-order valence-electron chi connectivity index (χ4n) is 6.37. The first-order chi connectivity index (χ1) is 24.1. The number of benzene rings is 6. The molecule has 9 aromatic rings. The van der Waals surface area contributed by atoms with E-state index in [-0.39, 0.29) is 0 Å². The van der Waals surface area contributed by atoms with Gasteiger partial charge in [0.2, 0.25) is 0 Å². The molecule has 0 amide bonds. The first-order valence-electron chi connectivity index (χ1n) is 16.1. The lowest BCUT2D eigenvalue weighted by molar-refractivity contribution is 1.07. The highest BCUT2D eigenvalue weighted by molar-refractivity contribution is 7.00. The van der Waals surface area contributed by atoms with Gasteiger partial charge in [0.05, 0.1) is 22.9 Å². The monoisotopic (exact) mass is 648 g/mol. The minimum atomic E-state index is 0.619. The van der Waals surface area contributed by atoms with Crippen molar-refractivity contribution in [3.05, 3.63) is 145 Å². The Morgan fingerprint density at radius 2 is 0.939 bits per heavy atom. The van der Waals surface area contributed by atoms with Gasteiger partial charge in [0.25, 0.3) is 0 Å². The molecular weight excluding hydrogens is 621 g/mol. The molecule has 0 spiro atoms. The number of aryl methyl sites for hydroxylation is 2. The molecule has 0 aliphatic heterocycles. The Hall–Kier alpha value is -6.18. The first kappa shape index (κ1) is 29.0. The van der Waals surface area contributed by atoms with Crippen LogP contribution in [0.4, 0.5) is 0 Å². The molecule has 232 valence electrons. The Labute approximate surface area is 287 Å². The molecule has 0 fully saturated rings. The molecule has 0 N–H and O–H groups in total. The van der Waals surface area contributed by atoms with Gasteiger partial charge in [-0.25, -0.2) is 19.9 Å². The Bertz CT molecular complexity index is 2590. The van der Waals surface area contributed by atoms with Crippen LogP contribution in [0.1, 0.15) is 11.1 Å². The van der Waals surface area contributed by atoms with E-state index in [1.807, 2.05) is 12.1 Å². The van der Waals surface area contributed by atoms with E-state index in [0.717, 1.165) is 71.8 Å². The second-order valence-corrected chi connectivity index (χ2v) is 12.8. The average molecular weight is 649 g/mol. The van der Waals surface area contributed by atoms with Crippen molar-refractivity contribution in [3.63, 3.8) is 0 Å². The highest BCUT2D eigenvalue weighted by Gasteiger charge is 2.19. The van der Waals surface area contributed by atoms with Crippen LogP contribution in [0.25, 0.3) is 89.3 Å². The van der Waals surface area contributed by atoms with Crippen LogP contribution in [0, 0.1) is 13.8 Å². The van der Waals surface area contributed by atoms with Gasteiger partial charge in [-0.3, -0.25) is 0 Å². The Morgan fingerprint density at radius 1 is 0.429 bits per heavy atom. The van der Waals surface area contributed by atoms with Crippen molar-refractivity contribution < 1.29 is 0 Å². The van der Waals surface area contributed by atoms with Gasteiger partial charge in [0.15, 0.2) is 17.5 Å². The summed E-state index contributed by atoms with van der Waals surface area (Å²) in [5.41, 5.74) is 11.9. The van der Waals surface area contributed by atoms with Crippen molar-refractivity contribution in [3.8, 4) is 56.5 Å². The smallest absolute Gasteiger partial charge is 0.164 e. The second-order valence-electron chi connectivity index (χ2n) is 12.3. The van der Waals surface area contributed by atoms with Crippen LogP contribution in [-0.2, 0) is 0 Å². The van der Waals surface area contributed by atoms with Gasteiger partial charge in [0.1, 0.15) is 11.0 Å². The van der Waals surface area contributed by atoms with Crippen LogP contribution in [0.15, 0.2) is 133 Å². The molecule has 0 bridgehead atoms. The second kappa shape index (κ2) is 11.8. The number of hydrogen-bond donors (Lipinski definition) is 0. The molecule has 0 saturated carbocycles. The zero-order chi connectivity index (χ0) is 32.9. The van der Waals surface area contributed by atoms with Gasteiger partial charge in [-0.1, -0.05) is 132 Å². The maximum atomic E-state index is 5.16. The van der Waals surface area contributed by atoms with Gasteiger partial charge in [-0.15, -0.1) is 0 Å². The summed E-state index contributed by atoms with van der Waals surface area (Å²) in [5.74, 6) is 1.90. The Kier molecular flexibility index (Phi) is 6.99. The molecule has 0 aliphatic rings. The summed E-state index contributed by atoms with van der Waals surface area (Å²) in [7, 11) is 0. The number of aromatic nitrogens is 6. The van der Waals surface area contributed by atoms with Gasteiger partial charge < -0.3 is 0 Å². The summed E-state index contributed by atoms with van der Waals surface area (Å²) in [4.78, 5) is 20.0. The molecular formula is C42H28N6S. The Balaban J connectivity index is 1.20. The molecule has 0 atom stereocenters. The van der Waals surface area contributed by atoms with Gasteiger partial charge in [-0.2, -0.15) is 8.75 Å². The van der Waals surface area contributed by atoms with Gasteiger partial charge >= 0.3 is 0 Å². The zero-order valence-electron chi connectivity index (χ0n) is 26.8. The van der Waals surface area contributed by atoms with Crippen LogP contribution >= 0.6 is 11.7 Å². The summed E-state index contributed by atoms with van der Waals surface area (Å²) in [6, 6.07) is 45.8. The third-order valence-corrected chi connectivity index (χ3v) is 9.48. The lowest BCUT2D eigenvalue weighted by Crippen LogP contribution is -2.00. The lowest BCUT2D eigenvalue weighted by Gasteiger charge is -2.13. The molecule has 6 nitrogen and oxygen atoms in total. The zero-order valence-corrected chi connectivity index (χ0v) is 27.6. The van der Waals surface area contributed by atoms with Crippen LogP contribution in [-0.4, -0.2) is 28.7 Å². The number of rotatable bonds is 5. The number of pyridine rings is 1. The molecule has 6 aromatic carbocycles. The molecule has 3 aromatic heterocycles. The minimum absolute atomic E-state index is 0.619. The first-order valence-corrected chi connectivity index (χ1v) is 16.9. The van der Waals surface area contributed by atoms with Crippen LogP contribution in [0.2, 0.25) is 0 Å². The molecule has 9 rings (SSSR count).